The van der Waals surface area contributed by atoms with E-state index >= 15 is 0 Å². The summed E-state index contributed by atoms with van der Waals surface area (Å²) in [5.41, 5.74) is 3.61. The summed E-state index contributed by atoms with van der Waals surface area (Å²) >= 11 is 1.03. The molecule has 1 atom stereocenters. The Hall–Kier alpha value is -3.98. The van der Waals surface area contributed by atoms with Crippen LogP contribution in [-0.4, -0.2) is 31.5 Å². The summed E-state index contributed by atoms with van der Waals surface area (Å²) in [6.45, 7) is 6.64. The lowest BCUT2D eigenvalue weighted by molar-refractivity contribution is -0.118. The second kappa shape index (κ2) is 10.4. The van der Waals surface area contributed by atoms with E-state index in [-0.39, 0.29) is 21.9 Å². The van der Waals surface area contributed by atoms with Crippen molar-refractivity contribution in [2.75, 3.05) is 5.32 Å². The van der Waals surface area contributed by atoms with Crippen LogP contribution in [0.2, 0.25) is 0 Å². The Morgan fingerprint density at radius 2 is 1.76 bits per heavy atom. The van der Waals surface area contributed by atoms with Gasteiger partial charge in [-0.1, -0.05) is 36.0 Å². The third-order valence-corrected chi connectivity index (χ3v) is 7.03. The molecular formula is C29H30N4O4S. The molecular weight excluding hydrogens is 500 g/mol. The molecule has 1 saturated heterocycles. The van der Waals surface area contributed by atoms with Crippen molar-refractivity contribution in [3.05, 3.63) is 78.1 Å². The lowest BCUT2D eigenvalue weighted by Gasteiger charge is -2.24. The summed E-state index contributed by atoms with van der Waals surface area (Å²) in [6, 6.07) is 21.3. The molecule has 3 aromatic carbocycles. The molecule has 2 heterocycles. The zero-order valence-electron chi connectivity index (χ0n) is 21.8. The Bertz CT molecular complexity index is 1490. The van der Waals surface area contributed by atoms with Gasteiger partial charge in [-0.15, -0.1) is 0 Å². The maximum Gasteiger partial charge on any atom is 0.286 e. The normalized spacial score (nSPS) is 15.5. The highest BCUT2D eigenvalue weighted by Gasteiger charge is 2.31. The monoisotopic (exact) mass is 530 g/mol. The minimum Gasteiger partial charge on any atom is -0.486 e. The van der Waals surface area contributed by atoms with E-state index in [9.17, 15) is 9.59 Å². The zero-order chi connectivity index (χ0) is 26.9. The number of carbonyl (C=O) groups excluding carboxylic acids is 2. The highest BCUT2D eigenvalue weighted by Crippen LogP contribution is 2.33. The van der Waals surface area contributed by atoms with Crippen molar-refractivity contribution < 1.29 is 19.1 Å². The molecule has 1 fully saturated rings. The molecule has 8 nitrogen and oxygen atoms in total. The summed E-state index contributed by atoms with van der Waals surface area (Å²) in [5, 5.41) is 5.14. The molecule has 1 aliphatic heterocycles. The molecule has 9 heteroatoms. The first-order valence-corrected chi connectivity index (χ1v) is 13.3. The third-order valence-electron chi connectivity index (χ3n) is 6.05. The predicted molar refractivity (Wildman–Crippen MR) is 150 cm³/mol. The first-order chi connectivity index (χ1) is 18.1. The SMILES string of the molecule is Cn1c(COc2ccc(CC3SC(=O)NC3=O)cc2)nc2ccc(Oc3ccccc3NC(C)(C)C)cc21. The number of hydrogen-bond donors (Lipinski definition) is 2. The average molecular weight is 531 g/mol. The van der Waals surface area contributed by atoms with Crippen LogP contribution in [0.1, 0.15) is 32.2 Å². The number of fused-ring (bicyclic) bond motifs is 1. The molecule has 0 bridgehead atoms. The summed E-state index contributed by atoms with van der Waals surface area (Å²) in [5.74, 6) is 2.74. The Balaban J connectivity index is 1.25. The number of ether oxygens (including phenoxy) is 2. The number of para-hydroxylation sites is 2. The van der Waals surface area contributed by atoms with Gasteiger partial charge in [0.15, 0.2) is 5.75 Å². The first-order valence-electron chi connectivity index (χ1n) is 12.4. The molecule has 38 heavy (non-hydrogen) atoms. The maximum absolute atomic E-state index is 11.8. The molecule has 1 unspecified atom stereocenters. The van der Waals surface area contributed by atoms with Crippen LogP contribution in [0.25, 0.3) is 11.0 Å². The number of hydrogen-bond acceptors (Lipinski definition) is 7. The number of benzene rings is 3. The lowest BCUT2D eigenvalue weighted by Crippen LogP contribution is -2.26. The van der Waals surface area contributed by atoms with Gasteiger partial charge in [-0.25, -0.2) is 4.98 Å². The molecule has 0 spiro atoms. The minimum absolute atomic E-state index is 0.0906. The number of imidazole rings is 1. The van der Waals surface area contributed by atoms with Crippen LogP contribution in [0, 0.1) is 0 Å². The van der Waals surface area contributed by atoms with Crippen molar-refractivity contribution >= 4 is 39.6 Å². The Labute approximate surface area is 225 Å². The van der Waals surface area contributed by atoms with Crippen LogP contribution < -0.4 is 20.1 Å². The van der Waals surface area contributed by atoms with Crippen molar-refractivity contribution in [1.29, 1.82) is 0 Å². The van der Waals surface area contributed by atoms with E-state index in [1.807, 2.05) is 78.3 Å². The smallest absolute Gasteiger partial charge is 0.286 e. The number of thioether (sulfide) groups is 1. The fourth-order valence-corrected chi connectivity index (χ4v) is 5.07. The van der Waals surface area contributed by atoms with Gasteiger partial charge in [0, 0.05) is 18.7 Å². The summed E-state index contributed by atoms with van der Waals surface area (Å²) < 4.78 is 14.2. The van der Waals surface area contributed by atoms with Crippen molar-refractivity contribution in [3.8, 4) is 17.2 Å². The van der Waals surface area contributed by atoms with Gasteiger partial charge in [0.25, 0.3) is 5.24 Å². The molecule has 2 amide bonds. The number of amides is 2. The second-order valence-corrected chi connectivity index (χ2v) is 11.4. The molecule has 0 saturated carbocycles. The van der Waals surface area contributed by atoms with Gasteiger partial charge in [-0.05, 0) is 69.2 Å². The molecule has 0 radical (unpaired) electrons. The highest BCUT2D eigenvalue weighted by atomic mass is 32.2. The van der Waals surface area contributed by atoms with Gasteiger partial charge < -0.3 is 19.4 Å². The van der Waals surface area contributed by atoms with Gasteiger partial charge in [-0.3, -0.25) is 14.9 Å². The van der Waals surface area contributed by atoms with Crippen molar-refractivity contribution in [3.63, 3.8) is 0 Å². The number of anilines is 1. The number of aryl methyl sites for hydroxylation is 1. The Morgan fingerprint density at radius 3 is 2.47 bits per heavy atom. The minimum atomic E-state index is -0.383. The number of aromatic nitrogens is 2. The predicted octanol–water partition coefficient (Wildman–Crippen LogP) is 6.05. The standard InChI is InChI=1S/C29H30N4O4S/c1-29(2,3)32-22-7-5-6-8-24(22)37-20-13-14-21-23(16-20)33(4)26(30-21)17-36-19-11-9-18(10-12-19)15-25-27(34)31-28(35)38-25/h5-14,16,25,32H,15,17H2,1-4H3,(H,31,34,35). The topological polar surface area (TPSA) is 94.5 Å². The van der Waals surface area contributed by atoms with Gasteiger partial charge >= 0.3 is 0 Å². The Morgan fingerprint density at radius 1 is 1.03 bits per heavy atom. The highest BCUT2D eigenvalue weighted by molar-refractivity contribution is 8.15. The van der Waals surface area contributed by atoms with E-state index in [1.165, 1.54) is 0 Å². The number of rotatable bonds is 8. The number of imide groups is 1. The molecule has 0 aliphatic carbocycles. The van der Waals surface area contributed by atoms with E-state index in [4.69, 9.17) is 14.5 Å². The number of nitrogens with one attached hydrogen (secondary N) is 2. The largest absolute Gasteiger partial charge is 0.486 e. The van der Waals surface area contributed by atoms with Gasteiger partial charge in [0.1, 0.15) is 23.9 Å². The molecule has 1 aromatic heterocycles. The van der Waals surface area contributed by atoms with E-state index in [2.05, 4.69) is 31.4 Å². The van der Waals surface area contributed by atoms with E-state index in [1.54, 1.807) is 0 Å². The molecule has 2 N–H and O–H groups in total. The molecule has 5 rings (SSSR count). The first kappa shape index (κ1) is 25.7. The van der Waals surface area contributed by atoms with Crippen LogP contribution >= 0.6 is 11.8 Å². The number of carbonyl (C=O) groups is 2. The average Bonchev–Trinajstić information content (AvgIpc) is 3.36. The third kappa shape index (κ3) is 5.94. The lowest BCUT2D eigenvalue weighted by atomic mass is 10.1. The zero-order valence-corrected chi connectivity index (χ0v) is 22.6. The Kier molecular flexibility index (Phi) is 7.03. The van der Waals surface area contributed by atoms with Gasteiger partial charge in [0.2, 0.25) is 5.91 Å². The molecule has 1 aliphatic rings. The maximum atomic E-state index is 11.8. The number of nitrogens with zero attached hydrogens (tertiary/aromatic N) is 2. The van der Waals surface area contributed by atoms with Crippen LogP contribution in [0.5, 0.6) is 17.2 Å². The van der Waals surface area contributed by atoms with Crippen LogP contribution in [0.4, 0.5) is 10.5 Å². The van der Waals surface area contributed by atoms with Crippen LogP contribution in [0.3, 0.4) is 0 Å². The summed E-state index contributed by atoms with van der Waals surface area (Å²) in [6.07, 6.45) is 0.494. The van der Waals surface area contributed by atoms with Crippen molar-refractivity contribution in [2.24, 2.45) is 7.05 Å². The van der Waals surface area contributed by atoms with E-state index in [0.717, 1.165) is 51.4 Å². The molecule has 4 aromatic rings. The quantitative estimate of drug-likeness (QED) is 0.286. The second-order valence-electron chi connectivity index (χ2n) is 10.2. The fraction of sp³-hybridized carbons (Fsp3) is 0.276. The van der Waals surface area contributed by atoms with Gasteiger partial charge in [-0.2, -0.15) is 0 Å². The van der Waals surface area contributed by atoms with Crippen molar-refractivity contribution in [2.45, 2.75) is 44.6 Å². The van der Waals surface area contributed by atoms with Crippen molar-refractivity contribution in [1.82, 2.24) is 14.9 Å². The molecule has 196 valence electrons. The van der Waals surface area contributed by atoms with Crippen LogP contribution in [-0.2, 0) is 24.9 Å². The van der Waals surface area contributed by atoms with E-state index in [0.29, 0.717) is 18.8 Å². The van der Waals surface area contributed by atoms with Gasteiger partial charge in [0.05, 0.1) is 22.0 Å². The fourth-order valence-electron chi connectivity index (χ4n) is 4.21. The summed E-state index contributed by atoms with van der Waals surface area (Å²) in [7, 11) is 1.96. The van der Waals surface area contributed by atoms with E-state index < -0.39 is 0 Å². The van der Waals surface area contributed by atoms with Crippen LogP contribution in [0.15, 0.2) is 66.7 Å². The summed E-state index contributed by atoms with van der Waals surface area (Å²) in [4.78, 5) is 27.9.